The fraction of sp³-hybridized carbons (Fsp3) is 0.300. The average Bonchev–Trinajstić information content (AvgIpc) is 3.26. The topological polar surface area (TPSA) is 46.9 Å². The minimum Gasteiger partial charge on any atom is -0.349 e. The Labute approximate surface area is 162 Å². The number of aryl methyl sites for hydroxylation is 2. The van der Waals surface area contributed by atoms with Crippen LogP contribution in [0.15, 0.2) is 52.7 Å². The number of amides is 1. The molecule has 1 atom stereocenters. The van der Waals surface area contributed by atoms with Crippen molar-refractivity contribution in [1.82, 2.24) is 15.1 Å². The van der Waals surface area contributed by atoms with Crippen molar-refractivity contribution in [2.45, 2.75) is 31.7 Å². The fourth-order valence-corrected chi connectivity index (χ4v) is 4.58. The standard InChI is InChI=1S/C20H23N3OS2/c1-4-25-18-9-6-5-8-16(18)20(24)21-13-17(19-10-7-11-26-19)23-15(3)12-14(2)22-23/h5-12,17H,4,13H2,1-3H3,(H,21,24)/t17-/m1/s1. The number of carbonyl (C=O) groups excluding carboxylic acids is 1. The van der Waals surface area contributed by atoms with Gasteiger partial charge in [-0.25, -0.2) is 0 Å². The highest BCUT2D eigenvalue weighted by atomic mass is 32.2. The average molecular weight is 386 g/mol. The van der Waals surface area contributed by atoms with E-state index < -0.39 is 0 Å². The lowest BCUT2D eigenvalue weighted by Gasteiger charge is -2.19. The Hall–Kier alpha value is -2.05. The monoisotopic (exact) mass is 385 g/mol. The van der Waals surface area contributed by atoms with Gasteiger partial charge in [-0.05, 0) is 49.2 Å². The minimum atomic E-state index is -0.0374. The van der Waals surface area contributed by atoms with Gasteiger partial charge < -0.3 is 5.32 Å². The van der Waals surface area contributed by atoms with E-state index >= 15 is 0 Å². The van der Waals surface area contributed by atoms with Crippen LogP contribution < -0.4 is 5.32 Å². The number of benzene rings is 1. The third-order valence-corrected chi connectivity index (χ3v) is 6.03. The van der Waals surface area contributed by atoms with E-state index in [0.717, 1.165) is 27.6 Å². The second-order valence-electron chi connectivity index (χ2n) is 6.04. The van der Waals surface area contributed by atoms with Gasteiger partial charge in [0.2, 0.25) is 0 Å². The number of thioether (sulfide) groups is 1. The van der Waals surface area contributed by atoms with Gasteiger partial charge in [-0.3, -0.25) is 9.48 Å². The molecule has 0 bridgehead atoms. The van der Waals surface area contributed by atoms with E-state index in [4.69, 9.17) is 0 Å². The quantitative estimate of drug-likeness (QED) is 0.600. The lowest BCUT2D eigenvalue weighted by atomic mass is 10.2. The number of carbonyl (C=O) groups is 1. The smallest absolute Gasteiger partial charge is 0.252 e. The Morgan fingerprint density at radius 2 is 2.08 bits per heavy atom. The van der Waals surface area contributed by atoms with Crippen molar-refractivity contribution < 1.29 is 4.79 Å². The van der Waals surface area contributed by atoms with Crippen molar-refractivity contribution in [2.75, 3.05) is 12.3 Å². The normalized spacial score (nSPS) is 12.1. The van der Waals surface area contributed by atoms with Crippen molar-refractivity contribution in [2.24, 2.45) is 0 Å². The zero-order valence-electron chi connectivity index (χ0n) is 15.2. The summed E-state index contributed by atoms with van der Waals surface area (Å²) in [4.78, 5) is 15.0. The zero-order valence-corrected chi connectivity index (χ0v) is 16.9. The molecule has 136 valence electrons. The lowest BCUT2D eigenvalue weighted by molar-refractivity contribution is 0.0946. The summed E-state index contributed by atoms with van der Waals surface area (Å²) in [5, 5.41) is 9.81. The zero-order chi connectivity index (χ0) is 18.5. The van der Waals surface area contributed by atoms with E-state index in [9.17, 15) is 4.79 Å². The largest absolute Gasteiger partial charge is 0.349 e. The molecule has 0 aliphatic carbocycles. The summed E-state index contributed by atoms with van der Waals surface area (Å²) >= 11 is 3.37. The van der Waals surface area contributed by atoms with Gasteiger partial charge >= 0.3 is 0 Å². The molecular weight excluding hydrogens is 362 g/mol. The molecule has 1 N–H and O–H groups in total. The van der Waals surface area contributed by atoms with Crippen molar-refractivity contribution in [3.63, 3.8) is 0 Å². The van der Waals surface area contributed by atoms with Gasteiger partial charge in [0.25, 0.3) is 5.91 Å². The predicted octanol–water partition coefficient (Wildman–Crippen LogP) is 4.69. The molecule has 6 heteroatoms. The molecule has 0 unspecified atom stereocenters. The first-order chi connectivity index (χ1) is 12.6. The molecule has 1 amide bonds. The predicted molar refractivity (Wildman–Crippen MR) is 109 cm³/mol. The van der Waals surface area contributed by atoms with Gasteiger partial charge in [0, 0.05) is 22.0 Å². The Balaban J connectivity index is 1.81. The number of hydrogen-bond acceptors (Lipinski definition) is 4. The Bertz CT molecular complexity index is 871. The SMILES string of the molecule is CCSc1ccccc1C(=O)NC[C@H](c1cccs1)n1nc(C)cc1C. The number of nitrogens with one attached hydrogen (secondary N) is 1. The highest BCUT2D eigenvalue weighted by Crippen LogP contribution is 2.25. The Morgan fingerprint density at radius 1 is 1.27 bits per heavy atom. The molecule has 2 heterocycles. The van der Waals surface area contributed by atoms with Crippen LogP contribution in [-0.4, -0.2) is 28.0 Å². The highest BCUT2D eigenvalue weighted by Gasteiger charge is 2.20. The van der Waals surface area contributed by atoms with Crippen LogP contribution in [0.5, 0.6) is 0 Å². The van der Waals surface area contributed by atoms with Gasteiger partial charge in [0.15, 0.2) is 0 Å². The summed E-state index contributed by atoms with van der Waals surface area (Å²) in [6, 6.07) is 14.0. The maximum atomic E-state index is 12.8. The molecule has 0 radical (unpaired) electrons. The molecule has 0 saturated heterocycles. The first-order valence-electron chi connectivity index (χ1n) is 8.66. The second kappa shape index (κ2) is 8.56. The van der Waals surface area contributed by atoms with E-state index in [1.54, 1.807) is 23.1 Å². The molecular formula is C20H23N3OS2. The van der Waals surface area contributed by atoms with Gasteiger partial charge in [-0.1, -0.05) is 25.1 Å². The summed E-state index contributed by atoms with van der Waals surface area (Å²) < 4.78 is 2.01. The molecule has 4 nitrogen and oxygen atoms in total. The van der Waals surface area contributed by atoms with Crippen LogP contribution in [0.1, 0.15) is 39.6 Å². The van der Waals surface area contributed by atoms with Gasteiger partial charge in [0.05, 0.1) is 11.3 Å². The van der Waals surface area contributed by atoms with Crippen LogP contribution >= 0.6 is 23.1 Å². The molecule has 2 aromatic heterocycles. The number of nitrogens with zero attached hydrogens (tertiary/aromatic N) is 2. The van der Waals surface area contributed by atoms with Crippen molar-refractivity contribution in [1.29, 1.82) is 0 Å². The molecule has 0 aliphatic heterocycles. The molecule has 0 fully saturated rings. The molecule has 3 rings (SSSR count). The molecule has 0 aliphatic rings. The third-order valence-electron chi connectivity index (χ3n) is 4.10. The van der Waals surface area contributed by atoms with Crippen LogP contribution in [0.25, 0.3) is 0 Å². The molecule has 0 saturated carbocycles. The van der Waals surface area contributed by atoms with E-state index in [-0.39, 0.29) is 11.9 Å². The van der Waals surface area contributed by atoms with Crippen LogP contribution in [0.4, 0.5) is 0 Å². The maximum absolute atomic E-state index is 12.8. The van der Waals surface area contributed by atoms with Crippen LogP contribution in [0.2, 0.25) is 0 Å². The van der Waals surface area contributed by atoms with E-state index in [0.29, 0.717) is 6.54 Å². The van der Waals surface area contributed by atoms with E-state index in [1.165, 1.54) is 4.88 Å². The van der Waals surface area contributed by atoms with Gasteiger partial charge in [-0.15, -0.1) is 23.1 Å². The summed E-state index contributed by atoms with van der Waals surface area (Å²) in [6.07, 6.45) is 0. The van der Waals surface area contributed by atoms with Crippen LogP contribution in [-0.2, 0) is 0 Å². The first-order valence-corrected chi connectivity index (χ1v) is 10.5. The summed E-state index contributed by atoms with van der Waals surface area (Å²) in [6.45, 7) is 6.64. The fourth-order valence-electron chi connectivity index (χ4n) is 2.97. The third kappa shape index (κ3) is 4.19. The number of rotatable bonds is 7. The molecule has 3 aromatic rings. The Kier molecular flexibility index (Phi) is 6.16. The van der Waals surface area contributed by atoms with Crippen molar-refractivity contribution in [3.05, 3.63) is 69.7 Å². The summed E-state index contributed by atoms with van der Waals surface area (Å²) in [5.74, 6) is 0.901. The number of hydrogen-bond donors (Lipinski definition) is 1. The van der Waals surface area contributed by atoms with Crippen molar-refractivity contribution in [3.8, 4) is 0 Å². The van der Waals surface area contributed by atoms with Crippen LogP contribution in [0.3, 0.4) is 0 Å². The van der Waals surface area contributed by atoms with Crippen molar-refractivity contribution >= 4 is 29.0 Å². The number of aromatic nitrogens is 2. The summed E-state index contributed by atoms with van der Waals surface area (Å²) in [5.41, 5.74) is 2.81. The Morgan fingerprint density at radius 3 is 2.73 bits per heavy atom. The molecule has 1 aromatic carbocycles. The molecule has 0 spiro atoms. The van der Waals surface area contributed by atoms with Gasteiger partial charge in [-0.2, -0.15) is 5.10 Å². The highest BCUT2D eigenvalue weighted by molar-refractivity contribution is 7.99. The summed E-state index contributed by atoms with van der Waals surface area (Å²) in [7, 11) is 0. The number of thiophene rings is 1. The second-order valence-corrected chi connectivity index (χ2v) is 8.33. The first kappa shape index (κ1) is 18.7. The van der Waals surface area contributed by atoms with Crippen LogP contribution in [0, 0.1) is 13.8 Å². The maximum Gasteiger partial charge on any atom is 0.252 e. The van der Waals surface area contributed by atoms with E-state index in [2.05, 4.69) is 41.8 Å². The van der Waals surface area contributed by atoms with Gasteiger partial charge in [0.1, 0.15) is 6.04 Å². The lowest BCUT2D eigenvalue weighted by Crippen LogP contribution is -2.32. The minimum absolute atomic E-state index is 0.00126. The van der Waals surface area contributed by atoms with E-state index in [1.807, 2.05) is 41.9 Å². The molecule has 26 heavy (non-hydrogen) atoms.